The number of carbonyl (C=O) groups is 1. The molecule has 0 aliphatic carbocycles. The van der Waals surface area contributed by atoms with Crippen LogP contribution in [0.5, 0.6) is 0 Å². The average molecular weight is 455 g/mol. The highest BCUT2D eigenvalue weighted by atomic mass is 32.2. The van der Waals surface area contributed by atoms with Crippen LogP contribution in [0.3, 0.4) is 0 Å². The lowest BCUT2D eigenvalue weighted by Crippen LogP contribution is -2.32. The zero-order valence-electron chi connectivity index (χ0n) is 18.0. The molecular weight excluding hydrogens is 428 g/mol. The third-order valence-corrected chi connectivity index (χ3v) is 6.70. The largest absolute Gasteiger partial charge is 0.462 e. The Balaban J connectivity index is 1.90. The molecule has 0 bridgehead atoms. The Morgan fingerprint density at radius 3 is 2.44 bits per heavy atom. The number of aliphatic hydroxyl groups is 1. The van der Waals surface area contributed by atoms with Gasteiger partial charge in [-0.1, -0.05) is 30.3 Å². The van der Waals surface area contributed by atoms with Crippen molar-refractivity contribution in [2.75, 3.05) is 16.7 Å². The van der Waals surface area contributed by atoms with Crippen molar-refractivity contribution in [3.63, 3.8) is 0 Å². The Kier molecular flexibility index (Phi) is 7.61. The third-order valence-electron chi connectivity index (χ3n) is 4.96. The Morgan fingerprint density at radius 1 is 1.06 bits per heavy atom. The van der Waals surface area contributed by atoms with Gasteiger partial charge in [0.2, 0.25) is 10.0 Å². The predicted octanol–water partition coefficient (Wildman–Crippen LogP) is 3.70. The van der Waals surface area contributed by atoms with Crippen LogP contribution in [0.15, 0.2) is 73.1 Å². The van der Waals surface area contributed by atoms with Crippen LogP contribution in [0.2, 0.25) is 0 Å². The number of pyridine rings is 1. The summed E-state index contributed by atoms with van der Waals surface area (Å²) in [5.74, 6) is -0.485. The second-order valence-electron chi connectivity index (χ2n) is 7.11. The number of anilines is 1. The standard InChI is InChI=1S/C24H26N2O5S/c1-3-31-24(28)20-12-10-19(11-13-20)23(27)21-8-5-9-22(15-21)26(32(29,30)4-2)17-18-7-6-14-25-16-18/h5-16,23,27H,3-4,17H2,1-2H3. The molecule has 168 valence electrons. The quantitative estimate of drug-likeness (QED) is 0.495. The van der Waals surface area contributed by atoms with Crippen molar-refractivity contribution in [3.8, 4) is 0 Å². The monoisotopic (exact) mass is 454 g/mol. The number of rotatable bonds is 9. The van der Waals surface area contributed by atoms with Gasteiger partial charge in [-0.25, -0.2) is 13.2 Å². The summed E-state index contributed by atoms with van der Waals surface area (Å²) in [5, 5.41) is 10.9. The molecule has 0 amide bonds. The number of aromatic nitrogens is 1. The minimum Gasteiger partial charge on any atom is -0.462 e. The summed E-state index contributed by atoms with van der Waals surface area (Å²) in [6.07, 6.45) is 2.27. The van der Waals surface area contributed by atoms with Crippen LogP contribution in [0, 0.1) is 0 Å². The second-order valence-corrected chi connectivity index (χ2v) is 9.29. The fraction of sp³-hybridized carbons (Fsp3) is 0.250. The predicted molar refractivity (Wildman–Crippen MR) is 123 cm³/mol. The number of benzene rings is 2. The molecule has 0 saturated heterocycles. The molecule has 0 saturated carbocycles. The van der Waals surface area contributed by atoms with E-state index in [0.717, 1.165) is 5.56 Å². The van der Waals surface area contributed by atoms with Crippen LogP contribution < -0.4 is 4.31 Å². The number of hydrogen-bond acceptors (Lipinski definition) is 6. The van der Waals surface area contributed by atoms with Crippen LogP contribution in [-0.2, 0) is 21.3 Å². The summed E-state index contributed by atoms with van der Waals surface area (Å²) in [5.41, 5.74) is 2.72. The first-order chi connectivity index (χ1) is 15.4. The molecule has 8 heteroatoms. The van der Waals surface area contributed by atoms with E-state index in [0.29, 0.717) is 22.4 Å². The van der Waals surface area contributed by atoms with Gasteiger partial charge in [0, 0.05) is 12.4 Å². The van der Waals surface area contributed by atoms with Gasteiger partial charge < -0.3 is 9.84 Å². The van der Waals surface area contributed by atoms with E-state index in [1.807, 2.05) is 6.07 Å². The van der Waals surface area contributed by atoms with E-state index < -0.39 is 22.1 Å². The SMILES string of the molecule is CCOC(=O)c1ccc(C(O)c2cccc(N(Cc3cccnc3)S(=O)(=O)CC)c2)cc1. The van der Waals surface area contributed by atoms with Gasteiger partial charge in [-0.3, -0.25) is 9.29 Å². The number of carbonyl (C=O) groups excluding carboxylic acids is 1. The molecule has 0 radical (unpaired) electrons. The fourth-order valence-electron chi connectivity index (χ4n) is 3.22. The summed E-state index contributed by atoms with van der Waals surface area (Å²) in [7, 11) is -3.57. The van der Waals surface area contributed by atoms with Crippen molar-refractivity contribution < 1.29 is 23.1 Å². The van der Waals surface area contributed by atoms with Gasteiger partial charge in [-0.2, -0.15) is 0 Å². The van der Waals surface area contributed by atoms with Crippen LogP contribution in [0.4, 0.5) is 5.69 Å². The van der Waals surface area contributed by atoms with Crippen molar-refractivity contribution in [2.24, 2.45) is 0 Å². The maximum Gasteiger partial charge on any atom is 0.338 e. The number of hydrogen-bond donors (Lipinski definition) is 1. The number of ether oxygens (including phenoxy) is 1. The first-order valence-corrected chi connectivity index (χ1v) is 11.9. The van der Waals surface area contributed by atoms with Gasteiger partial charge >= 0.3 is 5.97 Å². The highest BCUT2D eigenvalue weighted by molar-refractivity contribution is 7.92. The Bertz CT molecular complexity index is 1150. The lowest BCUT2D eigenvalue weighted by atomic mass is 10.00. The molecule has 1 atom stereocenters. The van der Waals surface area contributed by atoms with E-state index in [-0.39, 0.29) is 18.9 Å². The number of aliphatic hydroxyl groups excluding tert-OH is 1. The molecule has 0 fully saturated rings. The lowest BCUT2D eigenvalue weighted by molar-refractivity contribution is 0.0526. The van der Waals surface area contributed by atoms with Crippen LogP contribution in [0.1, 0.15) is 47.0 Å². The highest BCUT2D eigenvalue weighted by Crippen LogP contribution is 2.28. The van der Waals surface area contributed by atoms with Crippen molar-refractivity contribution in [1.82, 2.24) is 4.98 Å². The van der Waals surface area contributed by atoms with Gasteiger partial charge in [0.15, 0.2) is 0 Å². The maximum atomic E-state index is 12.8. The van der Waals surface area contributed by atoms with Gasteiger partial charge in [-0.05, 0) is 60.9 Å². The minimum absolute atomic E-state index is 0.0602. The summed E-state index contributed by atoms with van der Waals surface area (Å²) < 4.78 is 31.9. The maximum absolute atomic E-state index is 12.8. The van der Waals surface area contributed by atoms with Crippen molar-refractivity contribution in [3.05, 3.63) is 95.3 Å². The smallest absolute Gasteiger partial charge is 0.338 e. The van der Waals surface area contributed by atoms with Gasteiger partial charge in [-0.15, -0.1) is 0 Å². The van der Waals surface area contributed by atoms with Crippen LogP contribution in [0.25, 0.3) is 0 Å². The first-order valence-electron chi connectivity index (χ1n) is 10.3. The molecule has 0 aliphatic rings. The molecule has 2 aromatic carbocycles. The molecule has 3 rings (SSSR count). The first kappa shape index (κ1) is 23.4. The van der Waals surface area contributed by atoms with E-state index >= 15 is 0 Å². The molecule has 1 heterocycles. The minimum atomic E-state index is -3.57. The third kappa shape index (κ3) is 5.52. The molecule has 0 spiro atoms. The van der Waals surface area contributed by atoms with Gasteiger partial charge in [0.1, 0.15) is 6.10 Å². The van der Waals surface area contributed by atoms with E-state index in [2.05, 4.69) is 4.98 Å². The molecule has 32 heavy (non-hydrogen) atoms. The van der Waals surface area contributed by atoms with E-state index in [1.165, 1.54) is 4.31 Å². The van der Waals surface area contributed by atoms with Gasteiger partial charge in [0.25, 0.3) is 0 Å². The Morgan fingerprint density at radius 2 is 1.81 bits per heavy atom. The molecule has 1 N–H and O–H groups in total. The van der Waals surface area contributed by atoms with E-state index in [1.54, 1.807) is 80.8 Å². The topological polar surface area (TPSA) is 96.8 Å². The number of sulfonamides is 1. The summed E-state index contributed by atoms with van der Waals surface area (Å²) in [6, 6.07) is 16.9. The summed E-state index contributed by atoms with van der Waals surface area (Å²) in [6.45, 7) is 3.75. The Labute approximate surface area is 188 Å². The van der Waals surface area contributed by atoms with Gasteiger partial charge in [0.05, 0.1) is 30.2 Å². The molecular formula is C24H26N2O5S. The molecule has 1 aromatic heterocycles. The fourth-order valence-corrected chi connectivity index (χ4v) is 4.31. The number of nitrogens with zero attached hydrogens (tertiary/aromatic N) is 2. The zero-order valence-corrected chi connectivity index (χ0v) is 18.8. The van der Waals surface area contributed by atoms with Crippen molar-refractivity contribution in [1.29, 1.82) is 0 Å². The van der Waals surface area contributed by atoms with Crippen molar-refractivity contribution >= 4 is 21.7 Å². The second kappa shape index (κ2) is 10.4. The summed E-state index contributed by atoms with van der Waals surface area (Å²) >= 11 is 0. The van der Waals surface area contributed by atoms with E-state index in [4.69, 9.17) is 4.74 Å². The molecule has 0 aliphatic heterocycles. The highest BCUT2D eigenvalue weighted by Gasteiger charge is 2.22. The summed E-state index contributed by atoms with van der Waals surface area (Å²) in [4.78, 5) is 15.9. The van der Waals surface area contributed by atoms with Crippen LogP contribution >= 0.6 is 0 Å². The Hall–Kier alpha value is -3.23. The number of esters is 1. The zero-order chi connectivity index (χ0) is 23.1. The van der Waals surface area contributed by atoms with E-state index in [9.17, 15) is 18.3 Å². The normalized spacial score (nSPS) is 12.2. The average Bonchev–Trinajstić information content (AvgIpc) is 2.83. The molecule has 1 unspecified atom stereocenters. The van der Waals surface area contributed by atoms with Crippen LogP contribution in [-0.4, -0.2) is 36.8 Å². The van der Waals surface area contributed by atoms with Crippen molar-refractivity contribution in [2.45, 2.75) is 26.5 Å². The molecule has 7 nitrogen and oxygen atoms in total. The lowest BCUT2D eigenvalue weighted by Gasteiger charge is -2.25. The molecule has 3 aromatic rings.